The minimum absolute atomic E-state index is 0.0690. The molecule has 4 N–H and O–H groups in total. The van der Waals surface area contributed by atoms with Gasteiger partial charge in [0.25, 0.3) is 5.91 Å². The number of nitrogens with one attached hydrogen (secondary N) is 1. The second-order valence-electron chi connectivity index (χ2n) is 3.40. The molecule has 0 aliphatic heterocycles. The number of hydrogen-bond donors (Lipinski definition) is 3. The Morgan fingerprint density at radius 1 is 1.32 bits per heavy atom. The zero-order valence-electron chi connectivity index (χ0n) is 9.32. The predicted molar refractivity (Wildman–Crippen MR) is 59.5 cm³/mol. The van der Waals surface area contributed by atoms with E-state index in [4.69, 9.17) is 11.0 Å². The highest BCUT2D eigenvalue weighted by Crippen LogP contribution is 2.29. The summed E-state index contributed by atoms with van der Waals surface area (Å²) in [6.07, 6.45) is -4.47. The molecule has 0 bridgehead atoms. The monoisotopic (exact) mass is 271 g/mol. The van der Waals surface area contributed by atoms with Gasteiger partial charge in [-0.2, -0.15) is 18.4 Å². The lowest BCUT2D eigenvalue weighted by atomic mass is 10.2. The van der Waals surface area contributed by atoms with Crippen molar-refractivity contribution < 1.29 is 23.1 Å². The number of amides is 1. The molecule has 0 heterocycles. The lowest BCUT2D eigenvalue weighted by molar-refractivity contribution is -0.137. The number of alkyl halides is 3. The maximum atomic E-state index is 12.3. The second kappa shape index (κ2) is 5.30. The number of nitriles is 1. The molecule has 0 unspecified atom stereocenters. The summed E-state index contributed by atoms with van der Waals surface area (Å²) in [5, 5.41) is 20.1. The van der Waals surface area contributed by atoms with Crippen molar-refractivity contribution in [3.63, 3.8) is 0 Å². The number of hydrogen-bond acceptors (Lipinski definition) is 4. The minimum atomic E-state index is -4.47. The molecule has 0 aliphatic rings. The molecule has 1 rings (SSSR count). The molecule has 19 heavy (non-hydrogen) atoms. The number of carbonyl (C=O) groups excluding carboxylic acids is 1. The quantitative estimate of drug-likeness (QED) is 0.444. The maximum Gasteiger partial charge on any atom is 0.416 e. The Morgan fingerprint density at radius 3 is 2.21 bits per heavy atom. The number of rotatable bonds is 3. The molecule has 0 spiro atoms. The van der Waals surface area contributed by atoms with Gasteiger partial charge in [-0.15, -0.1) is 0 Å². The normalized spacial score (nSPS) is 12.3. The molecule has 0 saturated heterocycles. The Balaban J connectivity index is 2.97. The lowest BCUT2D eigenvalue weighted by Crippen LogP contribution is -2.17. The molecule has 0 aromatic heterocycles. The Labute approximate surface area is 105 Å². The van der Waals surface area contributed by atoms with Gasteiger partial charge in [0.05, 0.1) is 5.56 Å². The van der Waals surface area contributed by atoms with E-state index >= 15 is 0 Å². The van der Waals surface area contributed by atoms with Crippen LogP contribution in [0.3, 0.4) is 0 Å². The van der Waals surface area contributed by atoms with Crippen LogP contribution in [-0.2, 0) is 11.0 Å². The van der Waals surface area contributed by atoms with Crippen LogP contribution >= 0.6 is 0 Å². The summed E-state index contributed by atoms with van der Waals surface area (Å²) < 4.78 is 36.9. The Morgan fingerprint density at radius 2 is 1.84 bits per heavy atom. The third-order valence-electron chi connectivity index (χ3n) is 2.07. The first-order valence-electron chi connectivity index (χ1n) is 4.83. The summed E-state index contributed by atoms with van der Waals surface area (Å²) in [6.45, 7) is 0. The fraction of sp³-hybridized carbons (Fsp3) is 0.0909. The van der Waals surface area contributed by atoms with Gasteiger partial charge in [0.15, 0.2) is 5.57 Å². The third-order valence-corrected chi connectivity index (χ3v) is 2.07. The van der Waals surface area contributed by atoms with Gasteiger partial charge in [0.1, 0.15) is 6.07 Å². The number of primary amides is 1. The molecule has 100 valence electrons. The van der Waals surface area contributed by atoms with Gasteiger partial charge in [-0.05, 0) is 24.3 Å². The number of nitrogens with two attached hydrogens (primary N) is 1. The van der Waals surface area contributed by atoms with E-state index in [1.165, 1.54) is 6.07 Å². The molecular weight excluding hydrogens is 263 g/mol. The standard InChI is InChI=1S/C11H8F3N3O2/c12-11(13,14)6-1-3-7(4-2-6)17-10(19)8(5-15)9(16)18/h1-4,17,19H,(H2,16,18). The summed E-state index contributed by atoms with van der Waals surface area (Å²) in [6, 6.07) is 5.01. The van der Waals surface area contributed by atoms with Crippen molar-refractivity contribution in [2.75, 3.05) is 5.32 Å². The van der Waals surface area contributed by atoms with Gasteiger partial charge < -0.3 is 16.2 Å². The van der Waals surface area contributed by atoms with Gasteiger partial charge in [0, 0.05) is 5.69 Å². The van der Waals surface area contributed by atoms with Crippen molar-refractivity contribution in [2.24, 2.45) is 5.73 Å². The van der Waals surface area contributed by atoms with Crippen LogP contribution in [0.2, 0.25) is 0 Å². The van der Waals surface area contributed by atoms with E-state index in [0.717, 1.165) is 24.3 Å². The predicted octanol–water partition coefficient (Wildman–Crippen LogP) is 1.90. The minimum Gasteiger partial charge on any atom is -0.493 e. The van der Waals surface area contributed by atoms with Gasteiger partial charge in [-0.3, -0.25) is 4.79 Å². The van der Waals surface area contributed by atoms with Crippen LogP contribution in [0.15, 0.2) is 35.7 Å². The lowest BCUT2D eigenvalue weighted by Gasteiger charge is -2.09. The van der Waals surface area contributed by atoms with Crippen molar-refractivity contribution in [1.29, 1.82) is 5.26 Å². The Bertz CT molecular complexity index is 556. The number of carbonyl (C=O) groups is 1. The molecule has 1 amide bonds. The highest BCUT2D eigenvalue weighted by molar-refractivity contribution is 5.96. The van der Waals surface area contributed by atoms with Crippen LogP contribution in [-0.4, -0.2) is 11.0 Å². The number of aliphatic hydroxyl groups is 1. The first kappa shape index (κ1) is 14.4. The molecule has 1 aromatic carbocycles. The number of anilines is 1. The molecule has 1 aromatic rings. The second-order valence-corrected chi connectivity index (χ2v) is 3.40. The molecule has 5 nitrogen and oxygen atoms in total. The van der Waals surface area contributed by atoms with Gasteiger partial charge in [-0.25, -0.2) is 0 Å². The fourth-order valence-electron chi connectivity index (χ4n) is 1.17. The highest BCUT2D eigenvalue weighted by atomic mass is 19.4. The molecule has 0 fully saturated rings. The van der Waals surface area contributed by atoms with E-state index in [1.807, 2.05) is 0 Å². The van der Waals surface area contributed by atoms with Gasteiger partial charge >= 0.3 is 6.18 Å². The summed E-state index contributed by atoms with van der Waals surface area (Å²) in [4.78, 5) is 10.7. The summed E-state index contributed by atoms with van der Waals surface area (Å²) in [5.74, 6) is -1.98. The van der Waals surface area contributed by atoms with Gasteiger partial charge in [-0.1, -0.05) is 0 Å². The smallest absolute Gasteiger partial charge is 0.416 e. The molecule has 0 radical (unpaired) electrons. The topological polar surface area (TPSA) is 99.1 Å². The summed E-state index contributed by atoms with van der Waals surface area (Å²) in [7, 11) is 0. The third kappa shape index (κ3) is 3.64. The van der Waals surface area contributed by atoms with E-state index in [-0.39, 0.29) is 5.69 Å². The number of benzene rings is 1. The van der Waals surface area contributed by atoms with Crippen LogP contribution in [0.4, 0.5) is 18.9 Å². The van der Waals surface area contributed by atoms with E-state index in [9.17, 15) is 23.1 Å². The van der Waals surface area contributed by atoms with E-state index < -0.39 is 29.1 Å². The average molecular weight is 271 g/mol. The zero-order chi connectivity index (χ0) is 14.6. The van der Waals surface area contributed by atoms with Crippen molar-refractivity contribution in [3.8, 4) is 6.07 Å². The van der Waals surface area contributed by atoms with Crippen LogP contribution < -0.4 is 11.1 Å². The van der Waals surface area contributed by atoms with Crippen molar-refractivity contribution in [2.45, 2.75) is 6.18 Å². The van der Waals surface area contributed by atoms with Crippen LogP contribution in [0.5, 0.6) is 0 Å². The van der Waals surface area contributed by atoms with E-state index in [0.29, 0.717) is 0 Å². The number of halogens is 3. The summed E-state index contributed by atoms with van der Waals surface area (Å²) in [5.41, 5.74) is 3.30. The highest BCUT2D eigenvalue weighted by Gasteiger charge is 2.29. The van der Waals surface area contributed by atoms with Crippen LogP contribution in [0.25, 0.3) is 0 Å². The molecule has 0 aliphatic carbocycles. The van der Waals surface area contributed by atoms with Gasteiger partial charge in [0.2, 0.25) is 5.88 Å². The first-order chi connectivity index (χ1) is 8.75. The maximum absolute atomic E-state index is 12.3. The Kier molecular flexibility index (Phi) is 4.01. The number of aliphatic hydroxyl groups excluding tert-OH is 1. The zero-order valence-corrected chi connectivity index (χ0v) is 9.32. The van der Waals surface area contributed by atoms with E-state index in [2.05, 4.69) is 5.32 Å². The van der Waals surface area contributed by atoms with E-state index in [1.54, 1.807) is 0 Å². The summed E-state index contributed by atoms with van der Waals surface area (Å²) >= 11 is 0. The molecule has 0 saturated carbocycles. The van der Waals surface area contributed by atoms with Crippen molar-refractivity contribution in [3.05, 3.63) is 41.3 Å². The molecule has 0 atom stereocenters. The Hall–Kier alpha value is -2.69. The number of nitrogens with zero attached hydrogens (tertiary/aromatic N) is 1. The molecule has 8 heteroatoms. The van der Waals surface area contributed by atoms with Crippen molar-refractivity contribution >= 4 is 11.6 Å². The average Bonchev–Trinajstić information content (AvgIpc) is 2.28. The van der Waals surface area contributed by atoms with Crippen molar-refractivity contribution in [1.82, 2.24) is 0 Å². The van der Waals surface area contributed by atoms with Crippen LogP contribution in [0, 0.1) is 11.3 Å². The molecular formula is C11H8F3N3O2. The first-order valence-corrected chi connectivity index (χ1v) is 4.83. The van der Waals surface area contributed by atoms with Crippen LogP contribution in [0.1, 0.15) is 5.56 Å². The fourth-order valence-corrected chi connectivity index (χ4v) is 1.17. The largest absolute Gasteiger partial charge is 0.493 e. The SMILES string of the molecule is N#CC(C(N)=O)=C(O)Nc1ccc(C(F)(F)F)cc1.